The van der Waals surface area contributed by atoms with E-state index in [0.29, 0.717) is 0 Å². The Bertz CT molecular complexity index is 738. The molecule has 2 unspecified atom stereocenters. The number of carbonyl (C=O) groups excluding carboxylic acids is 1. The maximum absolute atomic E-state index is 15.0. The zero-order chi connectivity index (χ0) is 22.9. The van der Waals surface area contributed by atoms with Gasteiger partial charge < -0.3 is 30.3 Å². The summed E-state index contributed by atoms with van der Waals surface area (Å²) in [6.45, 7) is 4.22. The van der Waals surface area contributed by atoms with Crippen molar-refractivity contribution in [3.8, 4) is 5.75 Å². The maximum atomic E-state index is 15.0. The van der Waals surface area contributed by atoms with Gasteiger partial charge in [-0.3, -0.25) is 9.59 Å². The number of carboxylic acid groups (broad SMARTS) is 2. The average Bonchev–Trinajstić information content (AvgIpc) is 2.67. The molecule has 9 nitrogen and oxygen atoms in total. The number of nitrogens with two attached hydrogens (primary N) is 1. The first-order valence-corrected chi connectivity index (χ1v) is 8.89. The van der Waals surface area contributed by atoms with Crippen molar-refractivity contribution >= 4 is 17.8 Å². The highest BCUT2D eigenvalue weighted by Gasteiger charge is 2.32. The van der Waals surface area contributed by atoms with Gasteiger partial charge in [0.15, 0.2) is 0 Å². The normalized spacial score (nSPS) is 12.3. The van der Waals surface area contributed by atoms with Crippen molar-refractivity contribution < 1.29 is 38.5 Å². The van der Waals surface area contributed by atoms with E-state index in [2.05, 4.69) is 0 Å². The van der Waals surface area contributed by atoms with Gasteiger partial charge >= 0.3 is 11.9 Å². The average molecular weight is 416 g/mol. The van der Waals surface area contributed by atoms with Crippen LogP contribution in [0.1, 0.15) is 41.3 Å². The molecule has 0 aliphatic carbocycles. The summed E-state index contributed by atoms with van der Waals surface area (Å²) in [5.74, 6) is -5.15. The van der Waals surface area contributed by atoms with Crippen molar-refractivity contribution in [2.24, 2.45) is 5.73 Å². The minimum absolute atomic E-state index is 0.00199. The van der Waals surface area contributed by atoms with Gasteiger partial charge in [0, 0.05) is 25.6 Å². The largest absolute Gasteiger partial charge is 0.496 e. The van der Waals surface area contributed by atoms with E-state index in [4.69, 9.17) is 20.3 Å². The van der Waals surface area contributed by atoms with Crippen molar-refractivity contribution in [3.63, 3.8) is 0 Å². The molecule has 2 atom stereocenters. The molecule has 1 aromatic carbocycles. The first-order chi connectivity index (χ1) is 13.5. The van der Waals surface area contributed by atoms with Crippen molar-refractivity contribution in [1.82, 2.24) is 4.90 Å². The van der Waals surface area contributed by atoms with Crippen LogP contribution in [0.2, 0.25) is 0 Å². The lowest BCUT2D eigenvalue weighted by molar-refractivity contribution is -0.142. The van der Waals surface area contributed by atoms with Gasteiger partial charge in [0.25, 0.3) is 5.91 Å². The van der Waals surface area contributed by atoms with Crippen LogP contribution in [0.15, 0.2) is 6.07 Å². The third-order valence-corrected chi connectivity index (χ3v) is 3.97. The molecule has 1 rings (SSSR count). The molecule has 0 saturated carbocycles. The van der Waals surface area contributed by atoms with E-state index in [1.165, 1.54) is 39.1 Å². The summed E-state index contributed by atoms with van der Waals surface area (Å²) >= 11 is 0. The van der Waals surface area contributed by atoms with Gasteiger partial charge in [-0.15, -0.1) is 0 Å². The van der Waals surface area contributed by atoms with E-state index in [1.54, 1.807) is 0 Å². The van der Waals surface area contributed by atoms with Gasteiger partial charge in [-0.25, -0.2) is 9.18 Å². The number of aliphatic carboxylic acids is 2. The molecule has 0 aromatic heterocycles. The molecule has 0 aliphatic rings. The highest BCUT2D eigenvalue weighted by Crippen LogP contribution is 2.33. The van der Waals surface area contributed by atoms with E-state index in [0.717, 1.165) is 0 Å². The van der Waals surface area contributed by atoms with Crippen LogP contribution in [-0.2, 0) is 14.3 Å². The smallest absolute Gasteiger partial charge is 0.329 e. The number of halogens is 1. The van der Waals surface area contributed by atoms with E-state index >= 15 is 4.39 Å². The van der Waals surface area contributed by atoms with Gasteiger partial charge in [0.05, 0.1) is 19.3 Å². The monoisotopic (exact) mass is 416 g/mol. The second kappa shape index (κ2) is 12.0. The van der Waals surface area contributed by atoms with Crippen LogP contribution < -0.4 is 10.5 Å². The number of benzene rings is 1. The Hall–Kier alpha value is -2.72. The van der Waals surface area contributed by atoms with Crippen LogP contribution in [-0.4, -0.2) is 73.4 Å². The number of carboxylic acids is 2. The lowest BCUT2D eigenvalue weighted by Gasteiger charge is -2.24. The van der Waals surface area contributed by atoms with Gasteiger partial charge in [-0.2, -0.15) is 0 Å². The molecule has 1 amide bonds. The van der Waals surface area contributed by atoms with E-state index in [-0.39, 0.29) is 22.4 Å². The number of carbonyl (C=O) groups is 3. The summed E-state index contributed by atoms with van der Waals surface area (Å²) in [6.07, 6.45) is 0. The Morgan fingerprint density at radius 2 is 1.79 bits per heavy atom. The zero-order valence-corrected chi connectivity index (χ0v) is 17.5. The lowest BCUT2D eigenvalue weighted by Crippen LogP contribution is -2.39. The molecule has 0 aliphatic heterocycles. The first kappa shape index (κ1) is 26.3. The summed E-state index contributed by atoms with van der Waals surface area (Å²) in [6, 6.07) is -0.371. The lowest BCUT2D eigenvalue weighted by atomic mass is 9.88. The molecule has 0 spiro atoms. The van der Waals surface area contributed by atoms with E-state index in [9.17, 15) is 19.5 Å². The minimum Gasteiger partial charge on any atom is -0.496 e. The molecule has 1 aromatic rings. The van der Waals surface area contributed by atoms with Crippen molar-refractivity contribution in [1.29, 1.82) is 0 Å². The number of amides is 1. The van der Waals surface area contributed by atoms with Crippen LogP contribution in [0.4, 0.5) is 4.39 Å². The number of hydrogen-bond acceptors (Lipinski definition) is 6. The maximum Gasteiger partial charge on any atom is 0.329 e. The number of methoxy groups -OCH3 is 1. The summed E-state index contributed by atoms with van der Waals surface area (Å²) < 4.78 is 25.1. The Balaban J connectivity index is 0.00000379. The molecule has 0 saturated heterocycles. The van der Waals surface area contributed by atoms with Crippen LogP contribution in [0.25, 0.3) is 0 Å². The fraction of sp³-hybridized carbons (Fsp3) is 0.526. The standard InChI is InChI=1S/C17H23FN2O7.C2H6/c1-8-13(16(23)20(2)3)11(26-4)5-9(14(8)18)10(15(19)17(24)25)6-27-7-12(21)22;1-2/h5,10,15H,6-7,19H2,1-4H3,(H,21,22)(H,24,25);1-2H3. The number of rotatable bonds is 9. The van der Waals surface area contributed by atoms with Crippen molar-refractivity contribution in [2.45, 2.75) is 32.7 Å². The van der Waals surface area contributed by atoms with Gasteiger partial charge in [-0.05, 0) is 18.6 Å². The number of hydrogen-bond donors (Lipinski definition) is 3. The number of nitrogens with zero attached hydrogens (tertiary/aromatic N) is 1. The van der Waals surface area contributed by atoms with Crippen LogP contribution >= 0.6 is 0 Å². The third kappa shape index (κ3) is 6.68. The molecule has 4 N–H and O–H groups in total. The Morgan fingerprint density at radius 1 is 1.24 bits per heavy atom. The SMILES string of the molecule is CC.COc1cc(C(COCC(=O)O)C(N)C(=O)O)c(F)c(C)c1C(=O)N(C)C. The van der Waals surface area contributed by atoms with E-state index < -0.39 is 48.8 Å². The molecule has 164 valence electrons. The summed E-state index contributed by atoms with van der Waals surface area (Å²) in [4.78, 5) is 35.5. The summed E-state index contributed by atoms with van der Waals surface area (Å²) in [7, 11) is 4.28. The summed E-state index contributed by atoms with van der Waals surface area (Å²) in [5.41, 5.74) is 5.48. The van der Waals surface area contributed by atoms with Gasteiger partial charge in [0.2, 0.25) is 0 Å². The predicted octanol–water partition coefficient (Wildman–Crippen LogP) is 1.47. The van der Waals surface area contributed by atoms with Gasteiger partial charge in [-0.1, -0.05) is 13.8 Å². The first-order valence-electron chi connectivity index (χ1n) is 8.89. The highest BCUT2D eigenvalue weighted by molar-refractivity contribution is 5.98. The predicted molar refractivity (Wildman–Crippen MR) is 104 cm³/mol. The van der Waals surface area contributed by atoms with E-state index in [1.807, 2.05) is 13.8 Å². The molecule has 10 heteroatoms. The fourth-order valence-electron chi connectivity index (χ4n) is 2.54. The Morgan fingerprint density at radius 3 is 2.21 bits per heavy atom. The Kier molecular flexibility index (Phi) is 10.9. The molecular weight excluding hydrogens is 387 g/mol. The quantitative estimate of drug-likeness (QED) is 0.550. The molecule has 0 fully saturated rings. The van der Waals surface area contributed by atoms with Gasteiger partial charge in [0.1, 0.15) is 24.2 Å². The molecule has 0 heterocycles. The molecular formula is C19H29FN2O7. The topological polar surface area (TPSA) is 139 Å². The van der Waals surface area contributed by atoms with Crippen LogP contribution in [0.3, 0.4) is 0 Å². The zero-order valence-electron chi connectivity index (χ0n) is 17.5. The highest BCUT2D eigenvalue weighted by atomic mass is 19.1. The second-order valence-electron chi connectivity index (χ2n) is 6.06. The van der Waals surface area contributed by atoms with Crippen molar-refractivity contribution in [2.75, 3.05) is 34.4 Å². The molecule has 0 radical (unpaired) electrons. The summed E-state index contributed by atoms with van der Waals surface area (Å²) in [5, 5.41) is 17.9. The third-order valence-electron chi connectivity index (χ3n) is 3.97. The molecule has 29 heavy (non-hydrogen) atoms. The van der Waals surface area contributed by atoms with Crippen LogP contribution in [0.5, 0.6) is 5.75 Å². The fourth-order valence-corrected chi connectivity index (χ4v) is 2.54. The minimum atomic E-state index is -1.56. The van der Waals surface area contributed by atoms with Crippen LogP contribution in [0, 0.1) is 12.7 Å². The number of ether oxygens (including phenoxy) is 2. The molecule has 0 bridgehead atoms. The Labute approximate surface area is 169 Å². The van der Waals surface area contributed by atoms with Crippen molar-refractivity contribution in [3.05, 3.63) is 28.6 Å². The second-order valence-corrected chi connectivity index (χ2v) is 6.06.